The summed E-state index contributed by atoms with van der Waals surface area (Å²) in [5.41, 5.74) is 0.436. The third-order valence-corrected chi connectivity index (χ3v) is 2.65. The first-order chi connectivity index (χ1) is 6.70. The predicted molar refractivity (Wildman–Crippen MR) is 48.9 cm³/mol. The zero-order valence-electron chi connectivity index (χ0n) is 7.31. The van der Waals surface area contributed by atoms with Gasteiger partial charge in [-0.3, -0.25) is 4.79 Å². The fourth-order valence-electron chi connectivity index (χ4n) is 1.12. The van der Waals surface area contributed by atoms with Crippen LogP contribution in [0, 0.1) is 11.8 Å². The van der Waals surface area contributed by atoms with Gasteiger partial charge in [-0.15, -0.1) is 11.3 Å². The largest absolute Gasteiger partial charge is 0.315 e. The maximum absolute atomic E-state index is 11.7. The first kappa shape index (κ1) is 8.89. The quantitative estimate of drug-likeness (QED) is 0.757. The molecule has 0 saturated carbocycles. The molecule has 2 heterocycles. The highest BCUT2D eigenvalue weighted by Gasteiger charge is 2.26. The number of H-pyrrole nitrogens is 1. The molecule has 1 N–H and O–H groups in total. The maximum Gasteiger partial charge on any atom is 0.315 e. The van der Waals surface area contributed by atoms with E-state index in [1.165, 1.54) is 11.3 Å². The molecule has 0 amide bonds. The van der Waals surface area contributed by atoms with Crippen LogP contribution in [-0.4, -0.2) is 10.9 Å². The number of hydrogen-bond acceptors (Lipinski definition) is 4. The molecule has 0 aromatic carbocycles. The number of aromatic nitrogens is 2. The van der Waals surface area contributed by atoms with E-state index in [-0.39, 0.29) is 16.1 Å². The van der Waals surface area contributed by atoms with Crippen LogP contribution in [0.1, 0.15) is 21.1 Å². The second-order valence-electron chi connectivity index (χ2n) is 2.73. The van der Waals surface area contributed by atoms with Gasteiger partial charge in [0.2, 0.25) is 0 Å². The number of carbonyl (C=O) groups excluding carboxylic acids is 1. The van der Waals surface area contributed by atoms with Gasteiger partial charge in [-0.05, 0) is 16.4 Å². The number of aromatic amines is 1. The van der Waals surface area contributed by atoms with Crippen LogP contribution >= 0.6 is 11.3 Å². The highest BCUT2D eigenvalue weighted by atomic mass is 32.1. The Bertz CT molecular complexity index is 509. The Balaban J connectivity index is 2.52. The number of aryl methyl sites for hydroxylation is 1. The average molecular weight is 211 g/mol. The lowest BCUT2D eigenvalue weighted by atomic mass is 10.2. The molecule has 0 aliphatic rings. The summed E-state index contributed by atoms with van der Waals surface area (Å²) in [4.78, 5) is 23.3. The van der Waals surface area contributed by atoms with Crippen molar-refractivity contribution >= 4 is 17.1 Å². The standard InChI is InChI=1S/C8H6N2O3S/c1-5-7(10(12)13-9-5)8(11)6-3-2-4-14-6/h2-4H,1H3/p+1. The second kappa shape index (κ2) is 3.22. The Morgan fingerprint density at radius 1 is 1.64 bits per heavy atom. The zero-order chi connectivity index (χ0) is 10.1. The molecule has 0 aliphatic carbocycles. The van der Waals surface area contributed by atoms with Crippen molar-refractivity contribution in [2.24, 2.45) is 0 Å². The van der Waals surface area contributed by atoms with Gasteiger partial charge in [0.1, 0.15) is 0 Å². The number of nitrogens with zero attached hydrogens (tertiary/aromatic N) is 1. The van der Waals surface area contributed by atoms with E-state index < -0.39 is 0 Å². The molecule has 0 spiro atoms. The average Bonchev–Trinajstić information content (AvgIpc) is 2.75. The topological polar surface area (TPSA) is 69.0 Å². The van der Waals surface area contributed by atoms with Gasteiger partial charge in [0.25, 0.3) is 5.78 Å². The van der Waals surface area contributed by atoms with E-state index in [1.807, 2.05) is 0 Å². The minimum atomic E-state index is -0.322. The van der Waals surface area contributed by atoms with Crippen molar-refractivity contribution in [2.75, 3.05) is 0 Å². The minimum Gasteiger partial charge on any atom is -0.283 e. The Labute approximate surface area is 82.5 Å². The molecule has 0 unspecified atom stereocenters. The van der Waals surface area contributed by atoms with Gasteiger partial charge in [-0.2, -0.15) is 0 Å². The number of rotatable bonds is 2. The van der Waals surface area contributed by atoms with E-state index in [2.05, 4.69) is 9.79 Å². The van der Waals surface area contributed by atoms with Crippen LogP contribution < -0.4 is 4.60 Å². The molecule has 2 rings (SSSR count). The molecule has 2 aromatic rings. The second-order valence-corrected chi connectivity index (χ2v) is 3.68. The number of ketones is 1. The van der Waals surface area contributed by atoms with Gasteiger partial charge < -0.3 is 0 Å². The zero-order valence-corrected chi connectivity index (χ0v) is 8.13. The number of hydrogen-bond donors (Lipinski definition) is 1. The number of nitrogens with one attached hydrogen (secondary N) is 1. The number of thiophene rings is 1. The molecule has 0 bridgehead atoms. The first-order valence-corrected chi connectivity index (χ1v) is 4.77. The molecule has 0 saturated heterocycles. The van der Waals surface area contributed by atoms with Crippen LogP contribution in [0.3, 0.4) is 0 Å². The molecular weight excluding hydrogens is 204 g/mol. The van der Waals surface area contributed by atoms with E-state index in [4.69, 9.17) is 0 Å². The normalized spacial score (nSPS) is 10.4. The molecule has 0 aliphatic heterocycles. The lowest BCUT2D eigenvalue weighted by molar-refractivity contribution is -0.714. The third kappa shape index (κ3) is 1.29. The summed E-state index contributed by atoms with van der Waals surface area (Å²) >= 11 is 1.29. The highest BCUT2D eigenvalue weighted by molar-refractivity contribution is 7.12. The van der Waals surface area contributed by atoms with Gasteiger partial charge in [0.05, 0.1) is 4.88 Å². The van der Waals surface area contributed by atoms with Crippen LogP contribution in [0.2, 0.25) is 0 Å². The third-order valence-electron chi connectivity index (χ3n) is 1.78. The molecular formula is C8H7N2O3S+. The summed E-state index contributed by atoms with van der Waals surface area (Å²) in [5, 5.41) is 4.12. The SMILES string of the molecule is Cc1[nH]o[n+](=O)c1C(=O)c1cccs1. The Hall–Kier alpha value is -1.69. The van der Waals surface area contributed by atoms with Gasteiger partial charge >= 0.3 is 5.69 Å². The molecule has 14 heavy (non-hydrogen) atoms. The van der Waals surface area contributed by atoms with E-state index >= 15 is 0 Å². The molecule has 0 fully saturated rings. The van der Waals surface area contributed by atoms with Gasteiger partial charge in [-0.1, -0.05) is 15.9 Å². The fourth-order valence-corrected chi connectivity index (χ4v) is 1.78. The van der Waals surface area contributed by atoms with Crippen molar-refractivity contribution < 1.29 is 14.0 Å². The lowest BCUT2D eigenvalue weighted by Crippen LogP contribution is -2.21. The van der Waals surface area contributed by atoms with Crippen molar-refractivity contribution in [3.8, 4) is 0 Å². The Morgan fingerprint density at radius 3 is 2.93 bits per heavy atom. The van der Waals surface area contributed by atoms with E-state index in [0.29, 0.717) is 10.6 Å². The number of carbonyl (C=O) groups is 1. The predicted octanol–water partition coefficient (Wildman–Crippen LogP) is 1.12. The summed E-state index contributed by atoms with van der Waals surface area (Å²) in [6.45, 7) is 1.61. The minimum absolute atomic E-state index is 0.00690. The van der Waals surface area contributed by atoms with E-state index in [9.17, 15) is 9.70 Å². The van der Waals surface area contributed by atoms with E-state index in [1.54, 1.807) is 24.4 Å². The molecule has 0 radical (unpaired) electrons. The smallest absolute Gasteiger partial charge is 0.283 e. The summed E-state index contributed by atoms with van der Waals surface area (Å²) in [5.74, 6) is -0.322. The van der Waals surface area contributed by atoms with Crippen molar-refractivity contribution in [2.45, 2.75) is 6.92 Å². The summed E-state index contributed by atoms with van der Waals surface area (Å²) < 4.78 is 4.63. The highest BCUT2D eigenvalue weighted by Crippen LogP contribution is 2.13. The van der Waals surface area contributed by atoms with Crippen LogP contribution in [0.15, 0.2) is 22.1 Å². The van der Waals surface area contributed by atoms with Gasteiger partial charge in [0.15, 0.2) is 10.3 Å². The van der Waals surface area contributed by atoms with Crippen molar-refractivity contribution in [1.29, 1.82) is 0 Å². The summed E-state index contributed by atoms with van der Waals surface area (Å²) in [7, 11) is 0. The fraction of sp³-hybridized carbons (Fsp3) is 0.125. The van der Waals surface area contributed by atoms with E-state index in [0.717, 1.165) is 0 Å². The van der Waals surface area contributed by atoms with Crippen LogP contribution in [0.25, 0.3) is 0 Å². The molecule has 6 heteroatoms. The van der Waals surface area contributed by atoms with Gasteiger partial charge in [0, 0.05) is 6.92 Å². The van der Waals surface area contributed by atoms with Crippen LogP contribution in [0.4, 0.5) is 0 Å². The van der Waals surface area contributed by atoms with Crippen molar-refractivity contribution in [1.82, 2.24) is 5.16 Å². The molecule has 0 atom stereocenters. The summed E-state index contributed by atoms with van der Waals surface area (Å²) in [6.07, 6.45) is 0. The Morgan fingerprint density at radius 2 is 2.43 bits per heavy atom. The Kier molecular flexibility index (Phi) is 2.05. The monoisotopic (exact) mass is 211 g/mol. The van der Waals surface area contributed by atoms with Crippen LogP contribution in [0.5, 0.6) is 0 Å². The lowest BCUT2D eigenvalue weighted by Gasteiger charge is -1.85. The molecule has 2 aromatic heterocycles. The first-order valence-electron chi connectivity index (χ1n) is 3.89. The van der Waals surface area contributed by atoms with Crippen LogP contribution in [-0.2, 0) is 0 Å². The maximum atomic E-state index is 11.7. The molecule has 72 valence electrons. The summed E-state index contributed by atoms with van der Waals surface area (Å²) in [6, 6.07) is 3.42. The van der Waals surface area contributed by atoms with Crippen molar-refractivity contribution in [3.05, 3.63) is 38.7 Å². The van der Waals surface area contributed by atoms with Gasteiger partial charge in [-0.25, -0.2) is 0 Å². The molecule has 5 nitrogen and oxygen atoms in total. The van der Waals surface area contributed by atoms with Crippen molar-refractivity contribution in [3.63, 3.8) is 0 Å².